The lowest BCUT2D eigenvalue weighted by Gasteiger charge is -2.14. The molecule has 0 spiro atoms. The minimum absolute atomic E-state index is 0.0169. The standard InChI is InChI=1S/C17H22N6O2/c1-25-15-7-6-13(19-17(24)11-4-5-12(18)8-11)9-14(15)23-16(10-2-3-10)20-21-22-23/h6-7,9-12H,2-5,8,18H2,1H3,(H,19,24). The van der Waals surface area contributed by atoms with Crippen molar-refractivity contribution in [1.82, 2.24) is 20.2 Å². The van der Waals surface area contributed by atoms with Crippen LogP contribution >= 0.6 is 0 Å². The Bertz CT molecular complexity index is 785. The average Bonchev–Trinajstić information content (AvgIpc) is 3.17. The van der Waals surface area contributed by atoms with Crippen LogP contribution in [0.4, 0.5) is 5.69 Å². The lowest BCUT2D eigenvalue weighted by atomic mass is 10.1. The van der Waals surface area contributed by atoms with Gasteiger partial charge in [-0.25, -0.2) is 0 Å². The molecule has 8 heteroatoms. The van der Waals surface area contributed by atoms with Crippen LogP contribution in [0.25, 0.3) is 5.69 Å². The van der Waals surface area contributed by atoms with Gasteiger partial charge in [0, 0.05) is 23.6 Å². The Balaban J connectivity index is 1.60. The summed E-state index contributed by atoms with van der Waals surface area (Å²) in [5, 5.41) is 15.0. The van der Waals surface area contributed by atoms with E-state index in [9.17, 15) is 4.79 Å². The van der Waals surface area contributed by atoms with Crippen molar-refractivity contribution in [3.05, 3.63) is 24.0 Å². The van der Waals surface area contributed by atoms with Gasteiger partial charge in [-0.2, -0.15) is 4.68 Å². The molecule has 0 radical (unpaired) electrons. The molecule has 25 heavy (non-hydrogen) atoms. The number of tetrazole rings is 1. The van der Waals surface area contributed by atoms with E-state index in [0.717, 1.165) is 43.6 Å². The number of ether oxygens (including phenoxy) is 1. The van der Waals surface area contributed by atoms with E-state index in [4.69, 9.17) is 10.5 Å². The average molecular weight is 342 g/mol. The van der Waals surface area contributed by atoms with Crippen molar-refractivity contribution in [2.45, 2.75) is 44.1 Å². The molecule has 2 saturated carbocycles. The van der Waals surface area contributed by atoms with Gasteiger partial charge >= 0.3 is 0 Å². The van der Waals surface area contributed by atoms with Crippen LogP contribution in [0.2, 0.25) is 0 Å². The first-order chi connectivity index (χ1) is 12.2. The smallest absolute Gasteiger partial charge is 0.227 e. The van der Waals surface area contributed by atoms with Gasteiger partial charge < -0.3 is 15.8 Å². The molecule has 2 aliphatic rings. The fourth-order valence-corrected chi connectivity index (χ4v) is 3.39. The number of carbonyl (C=O) groups excluding carboxylic acids is 1. The molecule has 1 aromatic heterocycles. The predicted molar refractivity (Wildman–Crippen MR) is 91.6 cm³/mol. The van der Waals surface area contributed by atoms with Crippen LogP contribution in [0.5, 0.6) is 5.75 Å². The van der Waals surface area contributed by atoms with E-state index in [2.05, 4.69) is 20.8 Å². The van der Waals surface area contributed by atoms with Crippen molar-refractivity contribution in [2.75, 3.05) is 12.4 Å². The van der Waals surface area contributed by atoms with Gasteiger partial charge in [-0.05, 0) is 60.7 Å². The summed E-state index contributed by atoms with van der Waals surface area (Å²) in [6.07, 6.45) is 4.69. The Labute approximate surface area is 145 Å². The van der Waals surface area contributed by atoms with Crippen LogP contribution < -0.4 is 15.8 Å². The zero-order chi connectivity index (χ0) is 17.4. The molecule has 4 rings (SSSR count). The van der Waals surface area contributed by atoms with Crippen LogP contribution in [-0.2, 0) is 4.79 Å². The van der Waals surface area contributed by atoms with Gasteiger partial charge in [0.25, 0.3) is 0 Å². The predicted octanol–water partition coefficient (Wildman–Crippen LogP) is 1.61. The second-order valence-electron chi connectivity index (χ2n) is 6.87. The van der Waals surface area contributed by atoms with Gasteiger partial charge in [0.05, 0.1) is 7.11 Å². The number of aromatic nitrogens is 4. The van der Waals surface area contributed by atoms with E-state index >= 15 is 0 Å². The summed E-state index contributed by atoms with van der Waals surface area (Å²) in [5.74, 6) is 1.90. The number of anilines is 1. The van der Waals surface area contributed by atoms with E-state index in [0.29, 0.717) is 17.4 Å². The van der Waals surface area contributed by atoms with Gasteiger partial charge in [-0.15, -0.1) is 5.10 Å². The lowest BCUT2D eigenvalue weighted by molar-refractivity contribution is -0.119. The van der Waals surface area contributed by atoms with E-state index in [1.54, 1.807) is 11.8 Å². The summed E-state index contributed by atoms with van der Waals surface area (Å²) in [6, 6.07) is 5.64. The van der Waals surface area contributed by atoms with Crippen molar-refractivity contribution >= 4 is 11.6 Å². The Morgan fingerprint density at radius 2 is 2.16 bits per heavy atom. The zero-order valence-corrected chi connectivity index (χ0v) is 14.2. The minimum Gasteiger partial charge on any atom is -0.494 e. The monoisotopic (exact) mass is 342 g/mol. The van der Waals surface area contributed by atoms with Crippen LogP contribution in [0.1, 0.15) is 43.8 Å². The Morgan fingerprint density at radius 3 is 2.84 bits per heavy atom. The number of hydrogen-bond donors (Lipinski definition) is 2. The van der Waals surface area contributed by atoms with Crippen LogP contribution in [-0.4, -0.2) is 39.3 Å². The number of nitrogens with zero attached hydrogens (tertiary/aromatic N) is 4. The van der Waals surface area contributed by atoms with Crippen molar-refractivity contribution in [1.29, 1.82) is 0 Å². The number of nitrogens with one attached hydrogen (secondary N) is 1. The molecule has 1 amide bonds. The zero-order valence-electron chi connectivity index (χ0n) is 14.2. The number of nitrogens with two attached hydrogens (primary N) is 1. The molecule has 0 aliphatic heterocycles. The van der Waals surface area contributed by atoms with E-state index in [1.807, 2.05) is 18.2 Å². The van der Waals surface area contributed by atoms with Crippen molar-refractivity contribution in [3.8, 4) is 11.4 Å². The van der Waals surface area contributed by atoms with E-state index in [-0.39, 0.29) is 17.9 Å². The molecule has 8 nitrogen and oxygen atoms in total. The highest BCUT2D eigenvalue weighted by molar-refractivity contribution is 5.93. The minimum atomic E-state index is -0.0180. The third kappa shape index (κ3) is 3.21. The maximum atomic E-state index is 12.5. The maximum Gasteiger partial charge on any atom is 0.227 e. The summed E-state index contributed by atoms with van der Waals surface area (Å²) in [7, 11) is 1.61. The number of rotatable bonds is 5. The molecule has 0 saturated heterocycles. The molecule has 1 aromatic carbocycles. The molecule has 3 N–H and O–H groups in total. The third-order valence-electron chi connectivity index (χ3n) is 4.95. The first kappa shape index (κ1) is 16.0. The van der Waals surface area contributed by atoms with Gasteiger partial charge in [0.15, 0.2) is 5.82 Å². The molecule has 2 atom stereocenters. The van der Waals surface area contributed by atoms with Gasteiger partial charge in [0.2, 0.25) is 5.91 Å². The number of hydrogen-bond acceptors (Lipinski definition) is 6. The molecular formula is C17H22N6O2. The molecule has 2 fully saturated rings. The fourth-order valence-electron chi connectivity index (χ4n) is 3.39. The van der Waals surface area contributed by atoms with Crippen molar-refractivity contribution in [3.63, 3.8) is 0 Å². The molecule has 2 aromatic rings. The highest BCUT2D eigenvalue weighted by atomic mass is 16.5. The molecule has 132 valence electrons. The summed E-state index contributed by atoms with van der Waals surface area (Å²) in [6.45, 7) is 0. The molecule has 1 heterocycles. The number of carbonyl (C=O) groups is 1. The molecule has 0 bridgehead atoms. The number of amides is 1. The second-order valence-corrected chi connectivity index (χ2v) is 6.87. The van der Waals surface area contributed by atoms with Crippen LogP contribution in [0.3, 0.4) is 0 Å². The number of benzene rings is 1. The van der Waals surface area contributed by atoms with Gasteiger partial charge in [-0.1, -0.05) is 0 Å². The lowest BCUT2D eigenvalue weighted by Crippen LogP contribution is -2.23. The molecule has 2 unspecified atom stereocenters. The number of methoxy groups -OCH3 is 1. The Morgan fingerprint density at radius 1 is 1.32 bits per heavy atom. The first-order valence-electron chi connectivity index (χ1n) is 8.69. The summed E-state index contributed by atoms with van der Waals surface area (Å²) in [4.78, 5) is 12.5. The van der Waals surface area contributed by atoms with Crippen LogP contribution in [0.15, 0.2) is 18.2 Å². The Hall–Kier alpha value is -2.48. The van der Waals surface area contributed by atoms with Crippen LogP contribution in [0, 0.1) is 5.92 Å². The fraction of sp³-hybridized carbons (Fsp3) is 0.529. The normalized spacial score (nSPS) is 22.8. The summed E-state index contributed by atoms with van der Waals surface area (Å²) >= 11 is 0. The summed E-state index contributed by atoms with van der Waals surface area (Å²) in [5.41, 5.74) is 7.35. The van der Waals surface area contributed by atoms with Crippen molar-refractivity contribution < 1.29 is 9.53 Å². The highest BCUT2D eigenvalue weighted by Crippen LogP contribution is 2.40. The highest BCUT2D eigenvalue weighted by Gasteiger charge is 2.31. The van der Waals surface area contributed by atoms with E-state index in [1.165, 1.54) is 0 Å². The maximum absolute atomic E-state index is 12.5. The molecule has 2 aliphatic carbocycles. The van der Waals surface area contributed by atoms with E-state index < -0.39 is 0 Å². The van der Waals surface area contributed by atoms with Gasteiger partial charge in [-0.3, -0.25) is 4.79 Å². The third-order valence-corrected chi connectivity index (χ3v) is 4.95. The summed E-state index contributed by atoms with van der Waals surface area (Å²) < 4.78 is 7.16. The second kappa shape index (κ2) is 6.44. The van der Waals surface area contributed by atoms with Crippen molar-refractivity contribution in [2.24, 2.45) is 11.7 Å². The topological polar surface area (TPSA) is 108 Å². The first-order valence-corrected chi connectivity index (χ1v) is 8.69. The largest absolute Gasteiger partial charge is 0.494 e. The van der Waals surface area contributed by atoms with Gasteiger partial charge in [0.1, 0.15) is 11.4 Å². The molecular weight excluding hydrogens is 320 g/mol. The quantitative estimate of drug-likeness (QED) is 0.855. The SMILES string of the molecule is COc1ccc(NC(=O)C2CCC(N)C2)cc1-n1nnnc1C1CC1. The Kier molecular flexibility index (Phi) is 4.12.